The zero-order valence-electron chi connectivity index (χ0n) is 16.8. The number of rotatable bonds is 6. The van der Waals surface area contributed by atoms with Crippen molar-refractivity contribution in [2.75, 3.05) is 10.6 Å². The van der Waals surface area contributed by atoms with Gasteiger partial charge in [-0.3, -0.25) is 9.78 Å². The van der Waals surface area contributed by atoms with E-state index in [1.165, 1.54) is 0 Å². The van der Waals surface area contributed by atoms with Crippen LogP contribution in [0.2, 0.25) is 0 Å². The molecule has 0 radical (unpaired) electrons. The summed E-state index contributed by atoms with van der Waals surface area (Å²) in [6.45, 7) is 4.00. The quantitative estimate of drug-likeness (QED) is 0.430. The molecule has 0 aliphatic carbocycles. The van der Waals surface area contributed by atoms with E-state index < -0.39 is 0 Å². The largest absolute Gasteiger partial charge is 0.359 e. The molecule has 1 unspecified atom stereocenters. The van der Waals surface area contributed by atoms with Gasteiger partial charge in [0.2, 0.25) is 0 Å². The molecular formula is C24H22N4OS. The highest BCUT2D eigenvalue weighted by atomic mass is 32.1. The average molecular weight is 415 g/mol. The first-order valence-corrected chi connectivity index (χ1v) is 10.5. The van der Waals surface area contributed by atoms with E-state index in [4.69, 9.17) is 0 Å². The summed E-state index contributed by atoms with van der Waals surface area (Å²) in [5.74, 6) is 0.644. The number of carbonyl (C=O) groups is 1. The van der Waals surface area contributed by atoms with E-state index in [1.807, 2.05) is 80.7 Å². The maximum absolute atomic E-state index is 12.8. The Morgan fingerprint density at radius 3 is 2.57 bits per heavy atom. The topological polar surface area (TPSA) is 66.9 Å². The minimum atomic E-state index is -0.205. The van der Waals surface area contributed by atoms with Gasteiger partial charge in [0.15, 0.2) is 0 Å². The Morgan fingerprint density at radius 2 is 1.83 bits per heavy atom. The summed E-state index contributed by atoms with van der Waals surface area (Å²) in [4.78, 5) is 22.8. The molecule has 0 spiro atoms. The number of nitrogens with zero attached hydrogens (tertiary/aromatic N) is 2. The Kier molecular flexibility index (Phi) is 5.86. The number of anilines is 2. The zero-order chi connectivity index (χ0) is 20.9. The van der Waals surface area contributed by atoms with E-state index >= 15 is 0 Å². The van der Waals surface area contributed by atoms with Gasteiger partial charge >= 0.3 is 0 Å². The first-order valence-electron chi connectivity index (χ1n) is 9.67. The summed E-state index contributed by atoms with van der Waals surface area (Å²) in [7, 11) is 0. The summed E-state index contributed by atoms with van der Waals surface area (Å²) in [5, 5.41) is 7.43. The third-order valence-electron chi connectivity index (χ3n) is 4.66. The van der Waals surface area contributed by atoms with Crippen molar-refractivity contribution in [3.63, 3.8) is 0 Å². The highest BCUT2D eigenvalue weighted by Crippen LogP contribution is 2.37. The number of nitrogens with one attached hydrogen (secondary N) is 2. The first kappa shape index (κ1) is 19.8. The van der Waals surface area contributed by atoms with Gasteiger partial charge in [-0.05, 0) is 55.8 Å². The third-order valence-corrected chi connectivity index (χ3v) is 5.64. The van der Waals surface area contributed by atoms with Crippen LogP contribution in [0.15, 0.2) is 79.1 Å². The molecule has 5 nitrogen and oxygen atoms in total. The normalized spacial score (nSPS) is 11.7. The summed E-state index contributed by atoms with van der Waals surface area (Å²) in [6, 6.07) is 20.9. The summed E-state index contributed by atoms with van der Waals surface area (Å²) in [5.41, 5.74) is 3.54. The zero-order valence-corrected chi connectivity index (χ0v) is 17.6. The van der Waals surface area contributed by atoms with Crippen LogP contribution in [0, 0.1) is 13.8 Å². The Bertz CT molecular complexity index is 1140. The van der Waals surface area contributed by atoms with Crippen LogP contribution in [0.5, 0.6) is 0 Å². The van der Waals surface area contributed by atoms with Crippen LogP contribution >= 0.6 is 11.3 Å². The lowest BCUT2D eigenvalue weighted by Gasteiger charge is -2.21. The molecule has 0 bridgehead atoms. The number of hydrogen-bond donors (Lipinski definition) is 2. The number of aromatic nitrogens is 2. The van der Waals surface area contributed by atoms with Crippen molar-refractivity contribution in [1.29, 1.82) is 0 Å². The van der Waals surface area contributed by atoms with Gasteiger partial charge in [0.25, 0.3) is 5.91 Å². The Labute approximate surface area is 179 Å². The summed E-state index contributed by atoms with van der Waals surface area (Å²) < 4.78 is 0. The van der Waals surface area contributed by atoms with Crippen LogP contribution in [-0.4, -0.2) is 15.9 Å². The Morgan fingerprint density at radius 1 is 1.00 bits per heavy atom. The predicted octanol–water partition coefficient (Wildman–Crippen LogP) is 5.61. The number of aryl methyl sites for hydroxylation is 2. The molecule has 0 saturated carbocycles. The number of hydrogen-bond acceptors (Lipinski definition) is 5. The molecule has 0 saturated heterocycles. The first-order chi connectivity index (χ1) is 14.6. The van der Waals surface area contributed by atoms with Crippen LogP contribution < -0.4 is 10.6 Å². The molecular weight excluding hydrogens is 392 g/mol. The second-order valence-corrected chi connectivity index (χ2v) is 8.25. The number of thiophene rings is 1. The minimum Gasteiger partial charge on any atom is -0.359 e. The Balaban J connectivity index is 1.71. The molecule has 1 atom stereocenters. The maximum Gasteiger partial charge on any atom is 0.256 e. The van der Waals surface area contributed by atoms with Crippen molar-refractivity contribution in [2.24, 2.45) is 0 Å². The fourth-order valence-electron chi connectivity index (χ4n) is 3.27. The molecule has 1 amide bonds. The number of amides is 1. The lowest BCUT2D eigenvalue weighted by Crippen LogP contribution is -2.17. The molecule has 30 heavy (non-hydrogen) atoms. The number of pyridine rings is 2. The van der Waals surface area contributed by atoms with Crippen LogP contribution in [0.1, 0.15) is 38.1 Å². The fourth-order valence-corrected chi connectivity index (χ4v) is 4.22. The molecule has 0 aliphatic heterocycles. The second kappa shape index (κ2) is 8.88. The van der Waals surface area contributed by atoms with Gasteiger partial charge in [0.05, 0.1) is 6.04 Å². The molecule has 4 aromatic rings. The predicted molar refractivity (Wildman–Crippen MR) is 122 cm³/mol. The SMILES string of the molecule is Cc1cccc(NC(c2cccnc2)c2cc(C)sc2NC(=O)c2ccccc2)n1. The van der Waals surface area contributed by atoms with Crippen LogP contribution in [-0.2, 0) is 0 Å². The van der Waals surface area contributed by atoms with Crippen LogP contribution in [0.25, 0.3) is 0 Å². The van der Waals surface area contributed by atoms with Crippen molar-refractivity contribution in [3.05, 3.63) is 106 Å². The molecule has 4 rings (SSSR count). The molecule has 3 aromatic heterocycles. The van der Waals surface area contributed by atoms with Gasteiger partial charge in [-0.2, -0.15) is 0 Å². The van der Waals surface area contributed by atoms with E-state index in [9.17, 15) is 4.79 Å². The number of benzene rings is 1. The van der Waals surface area contributed by atoms with Crippen molar-refractivity contribution in [3.8, 4) is 0 Å². The van der Waals surface area contributed by atoms with E-state index in [0.29, 0.717) is 5.56 Å². The maximum atomic E-state index is 12.8. The minimum absolute atomic E-state index is 0.127. The Hall–Kier alpha value is -3.51. The lowest BCUT2D eigenvalue weighted by molar-refractivity contribution is 0.102. The molecule has 1 aromatic carbocycles. The lowest BCUT2D eigenvalue weighted by atomic mass is 10.0. The number of carbonyl (C=O) groups excluding carboxylic acids is 1. The molecule has 3 heterocycles. The molecule has 6 heteroatoms. The summed E-state index contributed by atoms with van der Waals surface area (Å²) in [6.07, 6.45) is 3.59. The van der Waals surface area contributed by atoms with Gasteiger partial charge in [-0.15, -0.1) is 11.3 Å². The van der Waals surface area contributed by atoms with Crippen molar-refractivity contribution >= 4 is 28.1 Å². The summed E-state index contributed by atoms with van der Waals surface area (Å²) >= 11 is 1.56. The molecule has 0 fully saturated rings. The molecule has 150 valence electrons. The highest BCUT2D eigenvalue weighted by Gasteiger charge is 2.22. The second-order valence-electron chi connectivity index (χ2n) is 6.99. The van der Waals surface area contributed by atoms with Crippen LogP contribution in [0.4, 0.5) is 10.8 Å². The van der Waals surface area contributed by atoms with Crippen molar-refractivity contribution in [2.45, 2.75) is 19.9 Å². The third kappa shape index (κ3) is 4.55. The fraction of sp³-hybridized carbons (Fsp3) is 0.125. The standard InChI is InChI=1S/C24H22N4OS/c1-16-8-6-12-21(26-16)27-22(19-11-7-13-25-15-19)20-14-17(2)30-24(20)28-23(29)18-9-4-3-5-10-18/h3-15,22H,1-2H3,(H,26,27)(H,28,29). The van der Waals surface area contributed by atoms with Crippen molar-refractivity contribution in [1.82, 2.24) is 9.97 Å². The van der Waals surface area contributed by atoms with Gasteiger partial charge in [0, 0.05) is 34.1 Å². The smallest absolute Gasteiger partial charge is 0.256 e. The monoisotopic (exact) mass is 414 g/mol. The van der Waals surface area contributed by atoms with E-state index in [1.54, 1.807) is 17.5 Å². The molecule has 0 aliphatic rings. The van der Waals surface area contributed by atoms with Gasteiger partial charge in [-0.25, -0.2) is 4.98 Å². The van der Waals surface area contributed by atoms with Crippen molar-refractivity contribution < 1.29 is 4.79 Å². The van der Waals surface area contributed by atoms with Gasteiger partial charge < -0.3 is 10.6 Å². The van der Waals surface area contributed by atoms with E-state index in [-0.39, 0.29) is 11.9 Å². The van der Waals surface area contributed by atoms with E-state index in [0.717, 1.165) is 32.5 Å². The van der Waals surface area contributed by atoms with E-state index in [2.05, 4.69) is 26.7 Å². The van der Waals surface area contributed by atoms with Gasteiger partial charge in [0.1, 0.15) is 10.8 Å². The molecule has 2 N–H and O–H groups in total. The highest BCUT2D eigenvalue weighted by molar-refractivity contribution is 7.16. The van der Waals surface area contributed by atoms with Gasteiger partial charge in [-0.1, -0.05) is 30.3 Å². The average Bonchev–Trinajstić information content (AvgIpc) is 3.13. The van der Waals surface area contributed by atoms with Crippen LogP contribution in [0.3, 0.4) is 0 Å².